The van der Waals surface area contributed by atoms with E-state index in [0.29, 0.717) is 20.6 Å². The van der Waals surface area contributed by atoms with Crippen LogP contribution < -0.4 is 0 Å². The zero-order valence-electron chi connectivity index (χ0n) is 12.4. The molecule has 0 aliphatic heterocycles. The minimum absolute atomic E-state index is 0.399. The first-order valence-electron chi connectivity index (χ1n) is 7.37. The van der Waals surface area contributed by atoms with Crippen molar-refractivity contribution in [2.45, 2.75) is 19.3 Å². The van der Waals surface area contributed by atoms with Crippen LogP contribution in [0, 0.1) is 4.77 Å². The Balaban J connectivity index is 1.73. The number of rotatable bonds is 3. The predicted molar refractivity (Wildman–Crippen MR) is 96.5 cm³/mol. The van der Waals surface area contributed by atoms with E-state index >= 15 is 0 Å². The minimum Gasteiger partial charge on any atom is -0.282 e. The summed E-state index contributed by atoms with van der Waals surface area (Å²) >= 11 is 17.2. The summed E-state index contributed by atoms with van der Waals surface area (Å²) in [6, 6.07) is 5.29. The maximum Gasteiger partial charge on any atom is 0.216 e. The van der Waals surface area contributed by atoms with Crippen molar-refractivity contribution in [1.82, 2.24) is 25.1 Å². The summed E-state index contributed by atoms with van der Waals surface area (Å²) in [4.78, 5) is 0. The number of aromatic amines is 2. The molecule has 4 rings (SSSR count). The molecule has 0 amide bonds. The van der Waals surface area contributed by atoms with Crippen molar-refractivity contribution < 1.29 is 0 Å². The van der Waals surface area contributed by atoms with Gasteiger partial charge in [0.1, 0.15) is 5.69 Å². The van der Waals surface area contributed by atoms with Crippen molar-refractivity contribution in [1.29, 1.82) is 0 Å². The monoisotopic (exact) mass is 378 g/mol. The van der Waals surface area contributed by atoms with E-state index in [1.54, 1.807) is 23.0 Å². The second-order valence-corrected chi connectivity index (χ2v) is 6.67. The fraction of sp³-hybridized carbons (Fsp3) is 0.200. The Morgan fingerprint density at radius 1 is 1.17 bits per heavy atom. The van der Waals surface area contributed by atoms with Crippen molar-refractivity contribution >= 4 is 41.6 Å². The second kappa shape index (κ2) is 6.16. The van der Waals surface area contributed by atoms with Gasteiger partial charge in [0, 0.05) is 11.3 Å². The van der Waals surface area contributed by atoms with Gasteiger partial charge in [-0.3, -0.25) is 5.10 Å². The van der Waals surface area contributed by atoms with E-state index < -0.39 is 0 Å². The number of nitrogens with one attached hydrogen (secondary N) is 2. The molecule has 0 unspecified atom stereocenters. The average Bonchev–Trinajstić information content (AvgIpc) is 3.25. The molecule has 0 radical (unpaired) electrons. The summed E-state index contributed by atoms with van der Waals surface area (Å²) in [7, 11) is 0. The molecule has 2 aromatic heterocycles. The summed E-state index contributed by atoms with van der Waals surface area (Å²) in [5.41, 5.74) is 3.96. The highest BCUT2D eigenvalue weighted by Crippen LogP contribution is 2.29. The molecule has 24 heavy (non-hydrogen) atoms. The van der Waals surface area contributed by atoms with Crippen molar-refractivity contribution in [2.75, 3.05) is 0 Å². The minimum atomic E-state index is 0.399. The fourth-order valence-corrected chi connectivity index (χ4v) is 3.26. The van der Waals surface area contributed by atoms with Gasteiger partial charge in [0.25, 0.3) is 0 Å². The molecule has 2 heterocycles. The predicted octanol–water partition coefficient (Wildman–Crippen LogP) is 4.01. The van der Waals surface area contributed by atoms with Crippen LogP contribution in [0.1, 0.15) is 23.2 Å². The Labute approximate surface area is 152 Å². The molecule has 1 aromatic carbocycles. The zero-order chi connectivity index (χ0) is 16.7. The molecule has 6 nitrogen and oxygen atoms in total. The van der Waals surface area contributed by atoms with Crippen LogP contribution >= 0.6 is 35.4 Å². The molecule has 9 heteroatoms. The molecule has 0 saturated heterocycles. The molecule has 3 aromatic rings. The molecular weight excluding hydrogens is 367 g/mol. The van der Waals surface area contributed by atoms with Crippen LogP contribution in [0.15, 0.2) is 23.3 Å². The highest BCUT2D eigenvalue weighted by atomic mass is 35.5. The van der Waals surface area contributed by atoms with Crippen molar-refractivity contribution in [3.63, 3.8) is 0 Å². The lowest BCUT2D eigenvalue weighted by Crippen LogP contribution is -1.97. The average molecular weight is 379 g/mol. The number of fused-ring (bicyclic) bond motifs is 1. The Hall–Kier alpha value is -1.96. The molecule has 122 valence electrons. The van der Waals surface area contributed by atoms with Gasteiger partial charge in [-0.15, -0.1) is 0 Å². The van der Waals surface area contributed by atoms with Crippen LogP contribution in [0.5, 0.6) is 0 Å². The molecule has 1 aliphatic carbocycles. The first kappa shape index (κ1) is 15.6. The van der Waals surface area contributed by atoms with Crippen LogP contribution in [-0.4, -0.2) is 31.3 Å². The van der Waals surface area contributed by atoms with Crippen LogP contribution in [0.25, 0.3) is 11.5 Å². The highest BCUT2D eigenvalue weighted by Gasteiger charge is 2.23. The Bertz CT molecular complexity index is 1000. The van der Waals surface area contributed by atoms with E-state index in [1.807, 2.05) is 6.07 Å². The largest absolute Gasteiger partial charge is 0.282 e. The Morgan fingerprint density at radius 3 is 2.88 bits per heavy atom. The molecule has 0 saturated carbocycles. The first-order chi connectivity index (χ1) is 11.6. The summed E-state index contributed by atoms with van der Waals surface area (Å²) in [6.45, 7) is 0. The number of H-pyrrole nitrogens is 2. The summed E-state index contributed by atoms with van der Waals surface area (Å²) in [6.07, 6.45) is 4.77. The number of nitrogens with zero attached hydrogens (tertiary/aromatic N) is 4. The lowest BCUT2D eigenvalue weighted by atomic mass is 10.2. The molecule has 1 aliphatic rings. The maximum absolute atomic E-state index is 6.03. The second-order valence-electron chi connectivity index (χ2n) is 5.47. The van der Waals surface area contributed by atoms with Gasteiger partial charge in [-0.2, -0.15) is 20.0 Å². The summed E-state index contributed by atoms with van der Waals surface area (Å²) in [5.74, 6) is 0.593. The van der Waals surface area contributed by atoms with Gasteiger partial charge in [-0.05, 0) is 49.2 Å². The molecule has 2 N–H and O–H groups in total. The third-order valence-electron chi connectivity index (χ3n) is 3.93. The smallest absolute Gasteiger partial charge is 0.216 e. The van der Waals surface area contributed by atoms with E-state index in [-0.39, 0.29) is 0 Å². The lowest BCUT2D eigenvalue weighted by molar-refractivity contribution is 0.844. The van der Waals surface area contributed by atoms with Gasteiger partial charge >= 0.3 is 0 Å². The van der Waals surface area contributed by atoms with Crippen molar-refractivity contribution in [3.05, 3.63) is 49.8 Å². The third kappa shape index (κ3) is 2.68. The van der Waals surface area contributed by atoms with Gasteiger partial charge in [-0.25, -0.2) is 5.10 Å². The van der Waals surface area contributed by atoms with E-state index in [9.17, 15) is 0 Å². The van der Waals surface area contributed by atoms with Gasteiger partial charge < -0.3 is 0 Å². The van der Waals surface area contributed by atoms with Gasteiger partial charge in [0.05, 0.1) is 16.3 Å². The van der Waals surface area contributed by atoms with Gasteiger partial charge in [-0.1, -0.05) is 29.3 Å². The number of benzene rings is 1. The van der Waals surface area contributed by atoms with Crippen LogP contribution in [0.4, 0.5) is 0 Å². The maximum atomic E-state index is 6.03. The molecule has 0 bridgehead atoms. The Kier molecular flexibility index (Phi) is 3.99. The van der Waals surface area contributed by atoms with E-state index in [1.165, 1.54) is 11.3 Å². The van der Waals surface area contributed by atoms with Crippen LogP contribution in [0.3, 0.4) is 0 Å². The Morgan fingerprint density at radius 2 is 2.04 bits per heavy atom. The number of hydrogen-bond donors (Lipinski definition) is 2. The van der Waals surface area contributed by atoms with Gasteiger partial charge in [0.2, 0.25) is 10.6 Å². The third-order valence-corrected chi connectivity index (χ3v) is 4.94. The van der Waals surface area contributed by atoms with Crippen molar-refractivity contribution in [3.8, 4) is 11.5 Å². The number of aromatic nitrogens is 5. The van der Waals surface area contributed by atoms with Crippen LogP contribution in [-0.2, 0) is 12.8 Å². The molecule has 0 fully saturated rings. The summed E-state index contributed by atoms with van der Waals surface area (Å²) < 4.78 is 1.96. The van der Waals surface area contributed by atoms with Gasteiger partial charge in [0.15, 0.2) is 0 Å². The number of hydrogen-bond acceptors (Lipinski definition) is 4. The molecular formula is C15H12Cl2N6S. The van der Waals surface area contributed by atoms with E-state index in [4.69, 9.17) is 35.4 Å². The number of aryl methyl sites for hydroxylation is 1. The summed E-state index contributed by atoms with van der Waals surface area (Å²) in [5, 5.41) is 19.9. The SMILES string of the molecule is S=c1[nH]nc(-c2n[nH]c3c2CCC3)n1/N=C\c1ccc(Cl)c(Cl)c1. The first-order valence-corrected chi connectivity index (χ1v) is 8.53. The number of halogens is 2. The van der Waals surface area contributed by atoms with Crippen molar-refractivity contribution in [2.24, 2.45) is 5.10 Å². The molecule has 0 atom stereocenters. The van der Waals surface area contributed by atoms with E-state index in [0.717, 1.165) is 30.5 Å². The fourth-order valence-electron chi connectivity index (χ4n) is 2.77. The normalized spacial score (nSPS) is 13.8. The molecule has 0 spiro atoms. The lowest BCUT2D eigenvalue weighted by Gasteiger charge is -2.00. The standard InChI is InChI=1S/C15H12Cl2N6S/c16-10-5-4-8(6-11(10)17)7-18-23-14(21-22-15(23)24)13-9-2-1-3-12(9)19-20-13/h4-7H,1-3H2,(H,19,20)(H,22,24)/b18-7-. The highest BCUT2D eigenvalue weighted by molar-refractivity contribution is 7.71. The van der Waals surface area contributed by atoms with Crippen LogP contribution in [0.2, 0.25) is 10.0 Å². The topological polar surface area (TPSA) is 74.7 Å². The zero-order valence-corrected chi connectivity index (χ0v) is 14.7. The quantitative estimate of drug-likeness (QED) is 0.533. The van der Waals surface area contributed by atoms with E-state index in [2.05, 4.69) is 25.5 Å².